The molecule has 2 aromatic carbocycles. The fourth-order valence-corrected chi connectivity index (χ4v) is 3.95. The van der Waals surface area contributed by atoms with Crippen LogP contribution in [0.15, 0.2) is 42.5 Å². The standard InChI is InChI=1S/C24H32N2O3/c1-17(20-12-8-14-26(16-20)23(28)29-24(2,3)4)25-22(27)15-19-11-7-10-18-9-5-6-13-21(18)19/h5-7,9-11,13,17,20H,8,12,14-16H2,1-4H3,(H,25,27)/t17-,20+/m0/s1. The number of carbonyl (C=O) groups excluding carboxylic acids is 2. The van der Waals surface area contributed by atoms with Gasteiger partial charge in [-0.3, -0.25) is 4.79 Å². The average Bonchev–Trinajstić information content (AvgIpc) is 2.67. The van der Waals surface area contributed by atoms with Crippen molar-refractivity contribution in [2.75, 3.05) is 13.1 Å². The summed E-state index contributed by atoms with van der Waals surface area (Å²) in [5, 5.41) is 5.41. The van der Waals surface area contributed by atoms with Crippen molar-refractivity contribution in [1.82, 2.24) is 10.2 Å². The van der Waals surface area contributed by atoms with Crippen molar-refractivity contribution in [2.24, 2.45) is 5.92 Å². The zero-order chi connectivity index (χ0) is 21.0. The van der Waals surface area contributed by atoms with Gasteiger partial charge in [0, 0.05) is 19.1 Å². The van der Waals surface area contributed by atoms with E-state index in [1.54, 1.807) is 4.90 Å². The molecule has 1 N–H and O–H groups in total. The van der Waals surface area contributed by atoms with Gasteiger partial charge < -0.3 is 15.0 Å². The van der Waals surface area contributed by atoms with E-state index >= 15 is 0 Å². The van der Waals surface area contributed by atoms with Gasteiger partial charge in [-0.15, -0.1) is 0 Å². The van der Waals surface area contributed by atoms with Crippen molar-refractivity contribution in [3.05, 3.63) is 48.0 Å². The van der Waals surface area contributed by atoms with Gasteiger partial charge in [0.25, 0.3) is 0 Å². The van der Waals surface area contributed by atoms with E-state index in [4.69, 9.17) is 4.74 Å². The predicted molar refractivity (Wildman–Crippen MR) is 116 cm³/mol. The van der Waals surface area contributed by atoms with E-state index in [-0.39, 0.29) is 24.0 Å². The molecule has 3 rings (SSSR count). The van der Waals surface area contributed by atoms with Crippen LogP contribution in [0.5, 0.6) is 0 Å². The summed E-state index contributed by atoms with van der Waals surface area (Å²) in [5.74, 6) is 0.246. The lowest BCUT2D eigenvalue weighted by Crippen LogP contribution is -2.49. The Kier molecular flexibility index (Phi) is 6.46. The lowest BCUT2D eigenvalue weighted by molar-refractivity contribution is -0.121. The minimum absolute atomic E-state index is 0.00251. The minimum Gasteiger partial charge on any atom is -0.444 e. The average molecular weight is 397 g/mol. The summed E-state index contributed by atoms with van der Waals surface area (Å²) in [5.41, 5.74) is 0.536. The lowest BCUT2D eigenvalue weighted by atomic mass is 9.91. The molecule has 1 heterocycles. The molecular formula is C24H32N2O3. The fraction of sp³-hybridized carbons (Fsp3) is 0.500. The van der Waals surface area contributed by atoms with E-state index in [1.807, 2.05) is 52.0 Å². The number of piperidine rings is 1. The van der Waals surface area contributed by atoms with E-state index in [1.165, 1.54) is 0 Å². The largest absolute Gasteiger partial charge is 0.444 e. The number of likely N-dealkylation sites (tertiary alicyclic amines) is 1. The second-order valence-electron chi connectivity index (χ2n) is 9.00. The zero-order valence-electron chi connectivity index (χ0n) is 17.9. The molecule has 0 radical (unpaired) electrons. The van der Waals surface area contributed by atoms with Crippen molar-refractivity contribution >= 4 is 22.8 Å². The van der Waals surface area contributed by atoms with Crippen molar-refractivity contribution in [2.45, 2.75) is 58.6 Å². The van der Waals surface area contributed by atoms with Crippen LogP contribution in [0.2, 0.25) is 0 Å². The molecule has 29 heavy (non-hydrogen) atoms. The highest BCUT2D eigenvalue weighted by Crippen LogP contribution is 2.23. The van der Waals surface area contributed by atoms with Crippen molar-refractivity contribution in [3.8, 4) is 0 Å². The summed E-state index contributed by atoms with van der Waals surface area (Å²) in [6.45, 7) is 8.99. The first kappa shape index (κ1) is 21.2. The topological polar surface area (TPSA) is 58.6 Å². The number of nitrogens with zero attached hydrogens (tertiary/aromatic N) is 1. The molecule has 1 aliphatic rings. The quantitative estimate of drug-likeness (QED) is 0.826. The third-order valence-electron chi connectivity index (χ3n) is 5.44. The Morgan fingerprint density at radius 1 is 1.17 bits per heavy atom. The molecule has 1 fully saturated rings. The van der Waals surface area contributed by atoms with Gasteiger partial charge >= 0.3 is 6.09 Å². The molecule has 0 aliphatic carbocycles. The molecule has 1 aliphatic heterocycles. The van der Waals surface area contributed by atoms with Gasteiger partial charge in [0.2, 0.25) is 5.91 Å². The van der Waals surface area contributed by atoms with Crippen molar-refractivity contribution in [1.29, 1.82) is 0 Å². The normalized spacial score (nSPS) is 18.3. The van der Waals surface area contributed by atoms with Gasteiger partial charge in [-0.25, -0.2) is 4.79 Å². The maximum absolute atomic E-state index is 12.7. The van der Waals surface area contributed by atoms with Crippen LogP contribution in [0, 0.1) is 5.92 Å². The van der Waals surface area contributed by atoms with Crippen LogP contribution in [0.4, 0.5) is 4.79 Å². The van der Waals surface area contributed by atoms with Crippen molar-refractivity contribution < 1.29 is 14.3 Å². The van der Waals surface area contributed by atoms with Gasteiger partial charge in [-0.1, -0.05) is 42.5 Å². The highest BCUT2D eigenvalue weighted by atomic mass is 16.6. The first-order valence-corrected chi connectivity index (χ1v) is 10.5. The number of carbonyl (C=O) groups is 2. The lowest BCUT2D eigenvalue weighted by Gasteiger charge is -2.36. The Hall–Kier alpha value is -2.56. The smallest absolute Gasteiger partial charge is 0.410 e. The first-order valence-electron chi connectivity index (χ1n) is 10.5. The number of hydrogen-bond donors (Lipinski definition) is 1. The van der Waals surface area contributed by atoms with E-state index in [0.717, 1.165) is 29.2 Å². The van der Waals surface area contributed by atoms with E-state index in [9.17, 15) is 9.59 Å². The Bertz CT molecular complexity index is 867. The third-order valence-corrected chi connectivity index (χ3v) is 5.44. The van der Waals surface area contributed by atoms with Gasteiger partial charge in [0.1, 0.15) is 5.60 Å². The van der Waals surface area contributed by atoms with Gasteiger partial charge in [0.15, 0.2) is 0 Å². The van der Waals surface area contributed by atoms with Gasteiger partial charge in [-0.2, -0.15) is 0 Å². The predicted octanol–water partition coefficient (Wildman–Crippen LogP) is 4.53. The maximum atomic E-state index is 12.7. The summed E-state index contributed by atoms with van der Waals surface area (Å²) in [7, 11) is 0. The fourth-order valence-electron chi connectivity index (χ4n) is 3.95. The number of fused-ring (bicyclic) bond motifs is 1. The number of rotatable bonds is 4. The number of benzene rings is 2. The number of amides is 2. The maximum Gasteiger partial charge on any atom is 0.410 e. The Morgan fingerprint density at radius 2 is 1.90 bits per heavy atom. The van der Waals surface area contributed by atoms with E-state index in [0.29, 0.717) is 19.5 Å². The molecule has 0 aromatic heterocycles. The summed E-state index contributed by atoms with van der Waals surface area (Å²) >= 11 is 0. The van der Waals surface area contributed by atoms with Gasteiger partial charge in [0.05, 0.1) is 6.42 Å². The summed E-state index contributed by atoms with van der Waals surface area (Å²) in [6.07, 6.45) is 2.01. The monoisotopic (exact) mass is 396 g/mol. The number of hydrogen-bond acceptors (Lipinski definition) is 3. The van der Waals surface area contributed by atoms with E-state index in [2.05, 4.69) is 23.5 Å². The van der Waals surface area contributed by atoms with Crippen LogP contribution < -0.4 is 5.32 Å². The molecule has 5 nitrogen and oxygen atoms in total. The minimum atomic E-state index is -0.498. The molecular weight excluding hydrogens is 364 g/mol. The molecule has 2 aromatic rings. The first-order chi connectivity index (χ1) is 13.7. The molecule has 0 spiro atoms. The van der Waals surface area contributed by atoms with Gasteiger partial charge in [-0.05, 0) is 62.8 Å². The second-order valence-corrected chi connectivity index (χ2v) is 9.00. The van der Waals surface area contributed by atoms with Crippen LogP contribution in [-0.2, 0) is 16.0 Å². The molecule has 156 valence electrons. The molecule has 2 atom stereocenters. The zero-order valence-corrected chi connectivity index (χ0v) is 17.9. The highest BCUT2D eigenvalue weighted by molar-refractivity contribution is 5.90. The van der Waals surface area contributed by atoms with Crippen molar-refractivity contribution in [3.63, 3.8) is 0 Å². The van der Waals surface area contributed by atoms with E-state index < -0.39 is 5.60 Å². The Labute approximate surface area is 173 Å². The van der Waals surface area contributed by atoms with Crippen LogP contribution in [0.25, 0.3) is 10.8 Å². The number of ether oxygens (including phenoxy) is 1. The molecule has 0 bridgehead atoms. The molecule has 1 saturated heterocycles. The summed E-state index contributed by atoms with van der Waals surface area (Å²) < 4.78 is 5.51. The van der Waals surface area contributed by atoms with Crippen LogP contribution in [-0.4, -0.2) is 41.6 Å². The van der Waals surface area contributed by atoms with Crippen LogP contribution in [0.3, 0.4) is 0 Å². The van der Waals surface area contributed by atoms with Crippen LogP contribution >= 0.6 is 0 Å². The third kappa shape index (κ3) is 5.72. The van der Waals surface area contributed by atoms with Crippen LogP contribution in [0.1, 0.15) is 46.1 Å². The molecule has 0 saturated carbocycles. The summed E-state index contributed by atoms with van der Waals surface area (Å²) in [4.78, 5) is 26.9. The second kappa shape index (κ2) is 8.85. The Balaban J connectivity index is 1.58. The molecule has 5 heteroatoms. The number of nitrogens with one attached hydrogen (secondary N) is 1. The SMILES string of the molecule is C[C@H](NC(=O)Cc1cccc2ccccc12)[C@@H]1CCCN(C(=O)OC(C)(C)C)C1. The Morgan fingerprint density at radius 3 is 2.66 bits per heavy atom. The molecule has 2 amide bonds. The highest BCUT2D eigenvalue weighted by Gasteiger charge is 2.30. The summed E-state index contributed by atoms with van der Waals surface area (Å²) in [6, 6.07) is 14.2. The molecule has 0 unspecified atom stereocenters.